The zero-order valence-electron chi connectivity index (χ0n) is 14.9. The molecule has 3 aliphatic rings. The number of nitrogens with one attached hydrogen (secondary N) is 1. The van der Waals surface area contributed by atoms with Crippen LogP contribution in [-0.4, -0.2) is 48.5 Å². The highest BCUT2D eigenvalue weighted by molar-refractivity contribution is 9.09. The first-order chi connectivity index (χ1) is 13.4. The van der Waals surface area contributed by atoms with Crippen LogP contribution >= 0.6 is 15.9 Å². The summed E-state index contributed by atoms with van der Waals surface area (Å²) < 4.78 is 15.2. The van der Waals surface area contributed by atoms with Crippen molar-refractivity contribution in [1.82, 2.24) is 0 Å². The zero-order valence-corrected chi connectivity index (χ0v) is 16.5. The van der Waals surface area contributed by atoms with Crippen molar-refractivity contribution in [2.24, 2.45) is 23.7 Å². The summed E-state index contributed by atoms with van der Waals surface area (Å²) in [5, 5.41) is 2.59. The maximum absolute atomic E-state index is 12.5. The summed E-state index contributed by atoms with van der Waals surface area (Å²) in [5.74, 6) is -2.90. The lowest BCUT2D eigenvalue weighted by Crippen LogP contribution is -2.39. The van der Waals surface area contributed by atoms with Gasteiger partial charge in [0.25, 0.3) is 5.91 Å². The summed E-state index contributed by atoms with van der Waals surface area (Å²) in [7, 11) is 1.28. The lowest BCUT2D eigenvalue weighted by Gasteiger charge is -2.26. The Morgan fingerprint density at radius 1 is 1.21 bits per heavy atom. The summed E-state index contributed by atoms with van der Waals surface area (Å²) in [5.41, 5.74) is 0.811. The van der Waals surface area contributed by atoms with Crippen LogP contribution in [0.1, 0.15) is 16.8 Å². The topological polar surface area (TPSA) is 108 Å². The van der Waals surface area contributed by atoms with Gasteiger partial charge in [-0.1, -0.05) is 15.9 Å². The molecule has 28 heavy (non-hydrogen) atoms. The highest BCUT2D eigenvalue weighted by Gasteiger charge is 2.68. The highest BCUT2D eigenvalue weighted by Crippen LogP contribution is 2.60. The number of benzene rings is 1. The number of amides is 1. The van der Waals surface area contributed by atoms with Gasteiger partial charge in [-0.25, -0.2) is 4.79 Å². The standard InChI is InChI=1S/C19H18BrNO7/c1-26-17(23)8-2-4-9(5-3-8)21-12(22)7-27-18(24)13-10-6-11-14(13)19(25)28-16(11)15(10)20/h2-5,10-11,13-16H,6-7H2,1H3,(H,21,22)/t10-,11-,13-,14-,15+,16+/m1/s1. The van der Waals surface area contributed by atoms with Crippen LogP contribution in [0, 0.1) is 23.7 Å². The molecule has 3 fully saturated rings. The van der Waals surface area contributed by atoms with Gasteiger partial charge in [-0.15, -0.1) is 0 Å². The average molecular weight is 452 g/mol. The second kappa shape index (κ2) is 7.20. The van der Waals surface area contributed by atoms with Gasteiger partial charge < -0.3 is 19.5 Å². The second-order valence-corrected chi connectivity index (χ2v) is 8.24. The van der Waals surface area contributed by atoms with Crippen molar-refractivity contribution >= 4 is 45.4 Å². The van der Waals surface area contributed by atoms with Gasteiger partial charge in [0.2, 0.25) is 0 Å². The molecule has 1 heterocycles. The number of rotatable bonds is 5. The maximum Gasteiger partial charge on any atom is 0.337 e. The minimum atomic E-state index is -0.576. The van der Waals surface area contributed by atoms with Gasteiger partial charge in [0, 0.05) is 11.6 Å². The van der Waals surface area contributed by atoms with E-state index in [2.05, 4.69) is 26.0 Å². The third-order valence-electron chi connectivity index (χ3n) is 5.73. The van der Waals surface area contributed by atoms with Gasteiger partial charge in [0.1, 0.15) is 6.10 Å². The number of esters is 3. The largest absolute Gasteiger partial charge is 0.465 e. The van der Waals surface area contributed by atoms with Crippen molar-refractivity contribution in [3.8, 4) is 0 Å². The normalized spacial score (nSPS) is 32.0. The van der Waals surface area contributed by atoms with Gasteiger partial charge in [0.15, 0.2) is 6.61 Å². The molecule has 1 aromatic carbocycles. The molecule has 2 aliphatic carbocycles. The molecular weight excluding hydrogens is 434 g/mol. The Kier molecular flexibility index (Phi) is 4.86. The Morgan fingerprint density at radius 2 is 1.93 bits per heavy atom. The van der Waals surface area contributed by atoms with Crippen LogP contribution in [0.4, 0.5) is 5.69 Å². The van der Waals surface area contributed by atoms with Crippen LogP contribution in [0.3, 0.4) is 0 Å². The van der Waals surface area contributed by atoms with Gasteiger partial charge in [-0.2, -0.15) is 0 Å². The lowest BCUT2D eigenvalue weighted by atomic mass is 9.80. The van der Waals surface area contributed by atoms with Crippen molar-refractivity contribution in [2.45, 2.75) is 17.4 Å². The fraction of sp³-hybridized carbons (Fsp3) is 0.474. The number of fused-ring (bicyclic) bond motifs is 1. The Hall–Kier alpha value is -2.42. The number of hydrogen-bond donors (Lipinski definition) is 1. The maximum atomic E-state index is 12.5. The molecule has 6 atom stereocenters. The van der Waals surface area contributed by atoms with Gasteiger partial charge in [-0.3, -0.25) is 14.4 Å². The number of hydrogen-bond acceptors (Lipinski definition) is 7. The van der Waals surface area contributed by atoms with Crippen molar-refractivity contribution < 1.29 is 33.4 Å². The summed E-state index contributed by atoms with van der Waals surface area (Å²) in [6.45, 7) is -0.455. The van der Waals surface area contributed by atoms with Crippen LogP contribution in [0.15, 0.2) is 24.3 Å². The van der Waals surface area contributed by atoms with Crippen LogP contribution < -0.4 is 5.32 Å². The first-order valence-electron chi connectivity index (χ1n) is 8.90. The zero-order chi connectivity index (χ0) is 20.0. The first kappa shape index (κ1) is 18.9. The molecular formula is C19H18BrNO7. The van der Waals surface area contributed by atoms with Gasteiger partial charge >= 0.3 is 17.9 Å². The summed E-state index contributed by atoms with van der Waals surface area (Å²) >= 11 is 3.53. The highest BCUT2D eigenvalue weighted by atomic mass is 79.9. The third kappa shape index (κ3) is 3.07. The molecule has 2 bridgehead atoms. The predicted molar refractivity (Wildman–Crippen MR) is 98.5 cm³/mol. The number of halogens is 1. The van der Waals surface area contributed by atoms with Crippen molar-refractivity contribution in [2.75, 3.05) is 19.0 Å². The molecule has 0 unspecified atom stereocenters. The van der Waals surface area contributed by atoms with Crippen LogP contribution in [0.2, 0.25) is 0 Å². The van der Waals surface area contributed by atoms with Gasteiger partial charge in [-0.05, 0) is 36.6 Å². The Balaban J connectivity index is 1.32. The summed E-state index contributed by atoms with van der Waals surface area (Å²) in [4.78, 5) is 48.0. The Bertz CT molecular complexity index is 839. The molecule has 1 aromatic rings. The van der Waals surface area contributed by atoms with Crippen molar-refractivity contribution in [1.29, 1.82) is 0 Å². The molecule has 8 nitrogen and oxygen atoms in total. The average Bonchev–Trinajstić information content (AvgIpc) is 3.30. The number of carbonyl (C=O) groups is 4. The van der Waals surface area contributed by atoms with E-state index in [1.807, 2.05) is 0 Å². The second-order valence-electron chi connectivity index (χ2n) is 7.19. The fourth-order valence-electron chi connectivity index (χ4n) is 4.53. The van der Waals surface area contributed by atoms with Gasteiger partial charge in [0.05, 0.1) is 29.3 Å². The van der Waals surface area contributed by atoms with Crippen molar-refractivity contribution in [3.63, 3.8) is 0 Å². The first-order valence-corrected chi connectivity index (χ1v) is 9.81. The fourth-order valence-corrected chi connectivity index (χ4v) is 5.58. The minimum absolute atomic E-state index is 0.0205. The van der Waals surface area contributed by atoms with Crippen LogP contribution in [0.5, 0.6) is 0 Å². The third-order valence-corrected chi connectivity index (χ3v) is 6.93. The van der Waals surface area contributed by atoms with E-state index in [1.165, 1.54) is 19.2 Å². The number of anilines is 1. The lowest BCUT2D eigenvalue weighted by molar-refractivity contribution is -0.157. The van der Waals surface area contributed by atoms with Crippen molar-refractivity contribution in [3.05, 3.63) is 29.8 Å². The Labute approximate surface area is 169 Å². The molecule has 1 saturated heterocycles. The molecule has 1 aliphatic heterocycles. The monoisotopic (exact) mass is 451 g/mol. The predicted octanol–water partition coefficient (Wildman–Crippen LogP) is 1.53. The van der Waals surface area contributed by atoms with E-state index in [9.17, 15) is 19.2 Å². The van der Waals surface area contributed by atoms with E-state index in [0.29, 0.717) is 11.3 Å². The minimum Gasteiger partial charge on any atom is -0.465 e. The Morgan fingerprint density at radius 3 is 2.61 bits per heavy atom. The molecule has 0 radical (unpaired) electrons. The summed E-state index contributed by atoms with van der Waals surface area (Å²) in [6.07, 6.45) is 0.581. The van der Waals surface area contributed by atoms with E-state index in [0.717, 1.165) is 6.42 Å². The molecule has 148 valence electrons. The van der Waals surface area contributed by atoms with Crippen LogP contribution in [-0.2, 0) is 28.6 Å². The number of alkyl halides is 1. The molecule has 0 aromatic heterocycles. The van der Waals surface area contributed by atoms with E-state index in [1.54, 1.807) is 12.1 Å². The molecule has 1 N–H and O–H groups in total. The molecule has 9 heteroatoms. The van der Waals surface area contributed by atoms with E-state index in [4.69, 9.17) is 9.47 Å². The molecule has 1 amide bonds. The SMILES string of the molecule is COC(=O)c1ccc(NC(=O)COC(=O)[C@@H]2[C@H]3C[C@H]4[C@H](OC(=O)[C@H]42)[C@H]3Br)cc1. The smallest absolute Gasteiger partial charge is 0.337 e. The molecule has 4 rings (SSSR count). The van der Waals surface area contributed by atoms with E-state index < -0.39 is 36.3 Å². The summed E-state index contributed by atoms with van der Waals surface area (Å²) in [6, 6.07) is 6.12. The van der Waals surface area contributed by atoms with Crippen LogP contribution in [0.25, 0.3) is 0 Å². The number of methoxy groups -OCH3 is 1. The molecule has 0 spiro atoms. The van der Waals surface area contributed by atoms with E-state index in [-0.39, 0.29) is 28.7 Å². The number of carbonyl (C=O) groups excluding carboxylic acids is 4. The number of ether oxygens (including phenoxy) is 3. The van der Waals surface area contributed by atoms with E-state index >= 15 is 0 Å². The quantitative estimate of drug-likeness (QED) is 0.410. The molecule has 2 saturated carbocycles.